The highest BCUT2D eigenvalue weighted by Gasteiger charge is 2.26. The van der Waals surface area contributed by atoms with Gasteiger partial charge in [0.15, 0.2) is 0 Å². The number of aliphatic hydroxyl groups is 1. The number of hydrogen-bond acceptors (Lipinski definition) is 3. The van der Waals surface area contributed by atoms with Gasteiger partial charge in [-0.25, -0.2) is 4.98 Å². The van der Waals surface area contributed by atoms with Crippen LogP contribution in [0.4, 0.5) is 5.82 Å². The topological polar surface area (TPSA) is 45.1 Å². The van der Waals surface area contributed by atoms with E-state index in [-0.39, 0.29) is 6.61 Å². The van der Waals surface area contributed by atoms with Gasteiger partial charge < -0.3 is 10.4 Å². The molecule has 0 spiro atoms. The van der Waals surface area contributed by atoms with Gasteiger partial charge in [-0.05, 0) is 31.0 Å². The lowest BCUT2D eigenvalue weighted by Crippen LogP contribution is -2.26. The fourth-order valence-corrected chi connectivity index (χ4v) is 2.78. The summed E-state index contributed by atoms with van der Waals surface area (Å²) in [6.45, 7) is 0.269. The number of benzene rings is 1. The predicted molar refractivity (Wildman–Crippen MR) is 73.6 cm³/mol. The zero-order chi connectivity index (χ0) is 12.4. The summed E-state index contributed by atoms with van der Waals surface area (Å²) in [7, 11) is 0. The van der Waals surface area contributed by atoms with Gasteiger partial charge in [-0.3, -0.25) is 0 Å². The second-order valence-electron chi connectivity index (χ2n) is 5.01. The number of aliphatic hydroxyl groups excluding tert-OH is 1. The van der Waals surface area contributed by atoms with Crippen molar-refractivity contribution in [2.45, 2.75) is 25.3 Å². The standard InChI is InChI=1S/C15H18N2O/c18-10-12-5-3-7-14(12)17-15-9-8-11-4-1-2-6-13(11)16-15/h1-2,4,6,8-9,12,14,18H,3,5,7,10H2,(H,16,17). The number of hydrogen-bond donors (Lipinski definition) is 2. The van der Waals surface area contributed by atoms with Gasteiger partial charge in [-0.2, -0.15) is 0 Å². The summed E-state index contributed by atoms with van der Waals surface area (Å²) in [5, 5.41) is 13.9. The number of anilines is 1. The summed E-state index contributed by atoms with van der Waals surface area (Å²) < 4.78 is 0. The molecule has 2 aromatic rings. The van der Waals surface area contributed by atoms with Gasteiger partial charge >= 0.3 is 0 Å². The molecule has 0 amide bonds. The molecule has 0 bridgehead atoms. The van der Waals surface area contributed by atoms with Crippen LogP contribution in [0.2, 0.25) is 0 Å². The third-order valence-electron chi connectivity index (χ3n) is 3.83. The van der Waals surface area contributed by atoms with Gasteiger partial charge in [0, 0.05) is 24.0 Å². The monoisotopic (exact) mass is 242 g/mol. The molecule has 1 heterocycles. The van der Waals surface area contributed by atoms with Gasteiger partial charge in [-0.15, -0.1) is 0 Å². The average Bonchev–Trinajstić information content (AvgIpc) is 2.86. The molecule has 2 unspecified atom stereocenters. The molecule has 3 heteroatoms. The number of nitrogens with one attached hydrogen (secondary N) is 1. The first-order chi connectivity index (χ1) is 8.86. The predicted octanol–water partition coefficient (Wildman–Crippen LogP) is 2.81. The summed E-state index contributed by atoms with van der Waals surface area (Å²) in [4.78, 5) is 4.61. The Labute approximate surface area is 107 Å². The first-order valence-electron chi connectivity index (χ1n) is 6.60. The van der Waals surface area contributed by atoms with Gasteiger partial charge in [-0.1, -0.05) is 24.6 Å². The molecule has 1 fully saturated rings. The molecule has 1 aliphatic carbocycles. The first kappa shape index (κ1) is 11.5. The van der Waals surface area contributed by atoms with Crippen molar-refractivity contribution >= 4 is 16.7 Å². The molecule has 3 nitrogen and oxygen atoms in total. The Bertz CT molecular complexity index is 541. The Morgan fingerprint density at radius 1 is 1.17 bits per heavy atom. The molecule has 0 aliphatic heterocycles. The molecular weight excluding hydrogens is 224 g/mol. The number of aromatic nitrogens is 1. The van der Waals surface area contributed by atoms with Crippen LogP contribution in [0.3, 0.4) is 0 Å². The molecule has 18 heavy (non-hydrogen) atoms. The lowest BCUT2D eigenvalue weighted by atomic mass is 10.1. The summed E-state index contributed by atoms with van der Waals surface area (Å²) >= 11 is 0. The normalized spacial score (nSPS) is 23.4. The molecule has 1 aromatic heterocycles. The quantitative estimate of drug-likeness (QED) is 0.870. The van der Waals surface area contributed by atoms with Crippen LogP contribution in [0, 0.1) is 5.92 Å². The zero-order valence-electron chi connectivity index (χ0n) is 10.3. The van der Waals surface area contributed by atoms with Crippen LogP contribution in [0.5, 0.6) is 0 Å². The van der Waals surface area contributed by atoms with Gasteiger partial charge in [0.1, 0.15) is 5.82 Å². The van der Waals surface area contributed by atoms with Crippen molar-refractivity contribution in [1.82, 2.24) is 4.98 Å². The van der Waals surface area contributed by atoms with E-state index in [9.17, 15) is 5.11 Å². The van der Waals surface area contributed by atoms with E-state index in [1.165, 1.54) is 6.42 Å². The van der Waals surface area contributed by atoms with Crippen LogP contribution in [0.1, 0.15) is 19.3 Å². The molecule has 2 atom stereocenters. The van der Waals surface area contributed by atoms with E-state index in [0.29, 0.717) is 12.0 Å². The third kappa shape index (κ3) is 2.18. The number of nitrogens with zero attached hydrogens (tertiary/aromatic N) is 1. The van der Waals surface area contributed by atoms with Crippen LogP contribution in [-0.4, -0.2) is 22.7 Å². The Morgan fingerprint density at radius 2 is 2.06 bits per heavy atom. The highest BCUT2D eigenvalue weighted by atomic mass is 16.3. The zero-order valence-corrected chi connectivity index (χ0v) is 10.3. The summed E-state index contributed by atoms with van der Waals surface area (Å²) in [6, 6.07) is 12.6. The average molecular weight is 242 g/mol. The molecule has 0 radical (unpaired) electrons. The van der Waals surface area contributed by atoms with E-state index in [2.05, 4.69) is 22.4 Å². The van der Waals surface area contributed by atoms with Crippen molar-refractivity contribution in [2.75, 3.05) is 11.9 Å². The maximum absolute atomic E-state index is 9.33. The van der Waals surface area contributed by atoms with Gasteiger partial charge in [0.25, 0.3) is 0 Å². The summed E-state index contributed by atoms with van der Waals surface area (Å²) in [5.74, 6) is 1.29. The van der Waals surface area contributed by atoms with Crippen LogP contribution in [-0.2, 0) is 0 Å². The van der Waals surface area contributed by atoms with Crippen molar-refractivity contribution in [1.29, 1.82) is 0 Å². The minimum absolute atomic E-state index is 0.269. The Balaban J connectivity index is 1.82. The number of para-hydroxylation sites is 1. The van der Waals surface area contributed by atoms with Crippen molar-refractivity contribution in [3.05, 3.63) is 36.4 Å². The van der Waals surface area contributed by atoms with E-state index < -0.39 is 0 Å². The maximum atomic E-state index is 9.33. The smallest absolute Gasteiger partial charge is 0.126 e. The SMILES string of the molecule is OCC1CCCC1Nc1ccc2ccccc2n1. The number of rotatable bonds is 3. The van der Waals surface area contributed by atoms with E-state index in [1.807, 2.05) is 24.3 Å². The summed E-state index contributed by atoms with van der Waals surface area (Å²) in [5.41, 5.74) is 1.01. The summed E-state index contributed by atoms with van der Waals surface area (Å²) in [6.07, 6.45) is 3.43. The lowest BCUT2D eigenvalue weighted by Gasteiger charge is -2.19. The van der Waals surface area contributed by atoms with Crippen molar-refractivity contribution in [3.8, 4) is 0 Å². The van der Waals surface area contributed by atoms with Gasteiger partial charge in [0.05, 0.1) is 5.52 Å². The van der Waals surface area contributed by atoms with Crippen molar-refractivity contribution < 1.29 is 5.11 Å². The lowest BCUT2D eigenvalue weighted by molar-refractivity contribution is 0.222. The van der Waals surface area contributed by atoms with E-state index in [0.717, 1.165) is 29.6 Å². The maximum Gasteiger partial charge on any atom is 0.126 e. The van der Waals surface area contributed by atoms with Crippen LogP contribution < -0.4 is 5.32 Å². The second kappa shape index (κ2) is 4.94. The van der Waals surface area contributed by atoms with Crippen molar-refractivity contribution in [3.63, 3.8) is 0 Å². The highest BCUT2D eigenvalue weighted by Crippen LogP contribution is 2.28. The largest absolute Gasteiger partial charge is 0.396 e. The Kier molecular flexibility index (Phi) is 3.15. The third-order valence-corrected chi connectivity index (χ3v) is 3.83. The molecule has 0 saturated heterocycles. The molecule has 3 rings (SSSR count). The van der Waals surface area contributed by atoms with Gasteiger partial charge in [0.2, 0.25) is 0 Å². The van der Waals surface area contributed by atoms with E-state index >= 15 is 0 Å². The van der Waals surface area contributed by atoms with E-state index in [4.69, 9.17) is 0 Å². The molecule has 94 valence electrons. The molecule has 1 saturated carbocycles. The van der Waals surface area contributed by atoms with Crippen LogP contribution >= 0.6 is 0 Å². The van der Waals surface area contributed by atoms with Crippen LogP contribution in [0.25, 0.3) is 10.9 Å². The van der Waals surface area contributed by atoms with Crippen LogP contribution in [0.15, 0.2) is 36.4 Å². The highest BCUT2D eigenvalue weighted by molar-refractivity contribution is 5.80. The second-order valence-corrected chi connectivity index (χ2v) is 5.01. The Morgan fingerprint density at radius 3 is 2.94 bits per heavy atom. The molecular formula is C15H18N2O. The minimum Gasteiger partial charge on any atom is -0.396 e. The Hall–Kier alpha value is -1.61. The first-order valence-corrected chi connectivity index (χ1v) is 6.60. The molecule has 2 N–H and O–H groups in total. The fraction of sp³-hybridized carbons (Fsp3) is 0.400. The van der Waals surface area contributed by atoms with Crippen molar-refractivity contribution in [2.24, 2.45) is 5.92 Å². The molecule has 1 aromatic carbocycles. The number of fused-ring (bicyclic) bond motifs is 1. The van der Waals surface area contributed by atoms with E-state index in [1.54, 1.807) is 0 Å². The number of pyridine rings is 1. The fourth-order valence-electron chi connectivity index (χ4n) is 2.78. The molecule has 1 aliphatic rings. The minimum atomic E-state index is 0.269.